The average Bonchev–Trinajstić information content (AvgIpc) is 2.51. The number of phenolic OH excluding ortho intramolecular Hbond substituents is 1. The molecule has 0 saturated heterocycles. The van der Waals surface area contributed by atoms with Gasteiger partial charge in [-0.15, -0.1) is 5.23 Å². The van der Waals surface area contributed by atoms with Gasteiger partial charge in [0.05, 0.1) is 13.2 Å². The van der Waals surface area contributed by atoms with Crippen LogP contribution in [0.25, 0.3) is 0 Å². The summed E-state index contributed by atoms with van der Waals surface area (Å²) in [5.74, 6) is 0.350. The van der Waals surface area contributed by atoms with Gasteiger partial charge in [-0.05, 0) is 37.8 Å². The second kappa shape index (κ2) is 10.5. The van der Waals surface area contributed by atoms with Crippen LogP contribution in [0.3, 0.4) is 0 Å². The summed E-state index contributed by atoms with van der Waals surface area (Å²) in [5.41, 5.74) is 2.60. The van der Waals surface area contributed by atoms with E-state index in [0.29, 0.717) is 19.0 Å². The van der Waals surface area contributed by atoms with Crippen molar-refractivity contribution in [3.05, 3.63) is 23.3 Å². The van der Waals surface area contributed by atoms with Gasteiger partial charge in [-0.25, -0.2) is 9.68 Å². The fraction of sp³-hybridized carbons (Fsp3) is 0.667. The molecule has 4 nitrogen and oxygen atoms in total. The summed E-state index contributed by atoms with van der Waals surface area (Å²) in [6.07, 6.45) is 5.87. The lowest BCUT2D eigenvalue weighted by Crippen LogP contribution is -2.26. The maximum absolute atomic E-state index is 10.4. The molecule has 0 spiro atoms. The standard InChI is InChI=1S/C18H31NO3/c1-5-8-13-21-19(22-14-9-6-2)17-12-11-15(4)18(20)16(17)10-7-3/h11-12,20H,5-10,13-14H2,1-4H3. The van der Waals surface area contributed by atoms with Crippen molar-refractivity contribution in [3.63, 3.8) is 0 Å². The molecular weight excluding hydrogens is 278 g/mol. The van der Waals surface area contributed by atoms with Crippen LogP contribution in [0.15, 0.2) is 12.1 Å². The van der Waals surface area contributed by atoms with Crippen LogP contribution in [0.1, 0.15) is 64.0 Å². The van der Waals surface area contributed by atoms with Gasteiger partial charge in [0.15, 0.2) is 0 Å². The number of hydrogen-bond donors (Lipinski definition) is 1. The number of rotatable bonds is 11. The van der Waals surface area contributed by atoms with Crippen LogP contribution >= 0.6 is 0 Å². The number of nitrogens with zero attached hydrogens (tertiary/aromatic N) is 1. The van der Waals surface area contributed by atoms with E-state index in [1.54, 1.807) is 0 Å². The van der Waals surface area contributed by atoms with Crippen molar-refractivity contribution in [2.75, 3.05) is 18.4 Å². The minimum absolute atomic E-state index is 0.350. The second-order valence-corrected chi connectivity index (χ2v) is 5.61. The van der Waals surface area contributed by atoms with Crippen LogP contribution < -0.4 is 5.23 Å². The average molecular weight is 309 g/mol. The van der Waals surface area contributed by atoms with Crippen LogP contribution in [0.4, 0.5) is 5.69 Å². The third-order valence-corrected chi connectivity index (χ3v) is 3.57. The predicted octanol–water partition coefficient (Wildman–Crippen LogP) is 4.92. The third kappa shape index (κ3) is 5.50. The largest absolute Gasteiger partial charge is 0.507 e. The Labute approximate surface area is 134 Å². The molecule has 0 aliphatic rings. The minimum Gasteiger partial charge on any atom is -0.507 e. The highest BCUT2D eigenvalue weighted by atomic mass is 16.9. The van der Waals surface area contributed by atoms with Gasteiger partial charge in [0.2, 0.25) is 0 Å². The van der Waals surface area contributed by atoms with E-state index in [1.165, 1.54) is 5.23 Å². The SMILES string of the molecule is CCCCON(OCCCC)c1ccc(C)c(O)c1CCC. The molecule has 0 radical (unpaired) electrons. The first kappa shape index (κ1) is 18.8. The summed E-state index contributed by atoms with van der Waals surface area (Å²) in [4.78, 5) is 11.6. The van der Waals surface area contributed by atoms with Crippen LogP contribution in [-0.4, -0.2) is 18.3 Å². The zero-order valence-corrected chi connectivity index (χ0v) is 14.5. The molecule has 0 unspecified atom stereocenters. The van der Waals surface area contributed by atoms with E-state index in [0.717, 1.165) is 55.3 Å². The smallest absolute Gasteiger partial charge is 0.123 e. The van der Waals surface area contributed by atoms with Gasteiger partial charge in [0.1, 0.15) is 11.4 Å². The Morgan fingerprint density at radius 2 is 1.55 bits per heavy atom. The molecule has 0 saturated carbocycles. The summed E-state index contributed by atoms with van der Waals surface area (Å²) in [6.45, 7) is 9.51. The lowest BCUT2D eigenvalue weighted by Gasteiger charge is -2.25. The summed E-state index contributed by atoms with van der Waals surface area (Å²) in [5, 5.41) is 11.9. The summed E-state index contributed by atoms with van der Waals surface area (Å²) in [6, 6.07) is 3.88. The first-order chi connectivity index (χ1) is 10.7. The molecule has 0 aliphatic carbocycles. The summed E-state index contributed by atoms with van der Waals surface area (Å²) >= 11 is 0. The zero-order chi connectivity index (χ0) is 16.4. The normalized spacial score (nSPS) is 10.9. The van der Waals surface area contributed by atoms with Crippen molar-refractivity contribution in [2.45, 2.75) is 66.2 Å². The van der Waals surface area contributed by atoms with Crippen molar-refractivity contribution < 1.29 is 14.8 Å². The number of benzene rings is 1. The maximum atomic E-state index is 10.4. The van der Waals surface area contributed by atoms with E-state index >= 15 is 0 Å². The molecule has 0 heterocycles. The van der Waals surface area contributed by atoms with Gasteiger partial charge in [-0.1, -0.05) is 46.1 Å². The first-order valence-electron chi connectivity index (χ1n) is 8.53. The zero-order valence-electron chi connectivity index (χ0n) is 14.5. The molecule has 0 bridgehead atoms. The van der Waals surface area contributed by atoms with E-state index in [4.69, 9.17) is 9.68 Å². The lowest BCUT2D eigenvalue weighted by atomic mass is 10.0. The van der Waals surface area contributed by atoms with E-state index < -0.39 is 0 Å². The maximum Gasteiger partial charge on any atom is 0.123 e. The van der Waals surface area contributed by atoms with E-state index in [1.807, 2.05) is 19.1 Å². The Kier molecular flexibility index (Phi) is 8.94. The highest BCUT2D eigenvalue weighted by Gasteiger charge is 2.17. The number of hydrogen-bond acceptors (Lipinski definition) is 4. The monoisotopic (exact) mass is 309 g/mol. The van der Waals surface area contributed by atoms with Crippen LogP contribution in [-0.2, 0) is 16.1 Å². The number of aromatic hydroxyl groups is 1. The quantitative estimate of drug-likeness (QED) is 0.465. The second-order valence-electron chi connectivity index (χ2n) is 5.61. The number of aryl methyl sites for hydroxylation is 1. The molecule has 1 rings (SSSR count). The predicted molar refractivity (Wildman–Crippen MR) is 91.0 cm³/mol. The Balaban J connectivity index is 2.97. The van der Waals surface area contributed by atoms with Crippen LogP contribution in [0.2, 0.25) is 0 Å². The fourth-order valence-corrected chi connectivity index (χ4v) is 2.17. The van der Waals surface area contributed by atoms with Crippen molar-refractivity contribution in [3.8, 4) is 5.75 Å². The van der Waals surface area contributed by atoms with Gasteiger partial charge in [0, 0.05) is 5.56 Å². The lowest BCUT2D eigenvalue weighted by molar-refractivity contribution is -0.0913. The Morgan fingerprint density at radius 3 is 2.05 bits per heavy atom. The Hall–Kier alpha value is -1.26. The van der Waals surface area contributed by atoms with Crippen molar-refractivity contribution in [1.29, 1.82) is 0 Å². The van der Waals surface area contributed by atoms with E-state index in [9.17, 15) is 5.11 Å². The highest BCUT2D eigenvalue weighted by molar-refractivity contribution is 5.59. The van der Waals surface area contributed by atoms with Crippen molar-refractivity contribution in [1.82, 2.24) is 0 Å². The number of phenols is 1. The molecule has 1 aromatic rings. The molecule has 1 N–H and O–H groups in total. The molecule has 4 heteroatoms. The van der Waals surface area contributed by atoms with Gasteiger partial charge in [0.25, 0.3) is 0 Å². The molecule has 126 valence electrons. The minimum atomic E-state index is 0.350. The molecule has 0 aliphatic heterocycles. The summed E-state index contributed by atoms with van der Waals surface area (Å²) < 4.78 is 0. The van der Waals surface area contributed by atoms with Crippen molar-refractivity contribution >= 4 is 5.69 Å². The highest BCUT2D eigenvalue weighted by Crippen LogP contribution is 2.33. The number of anilines is 1. The molecule has 0 aromatic heterocycles. The Morgan fingerprint density at radius 1 is 0.955 bits per heavy atom. The Bertz CT molecular complexity index is 425. The van der Waals surface area contributed by atoms with Gasteiger partial charge >= 0.3 is 0 Å². The van der Waals surface area contributed by atoms with E-state index in [2.05, 4.69) is 20.8 Å². The topological polar surface area (TPSA) is 41.9 Å². The molecule has 0 atom stereocenters. The summed E-state index contributed by atoms with van der Waals surface area (Å²) in [7, 11) is 0. The van der Waals surface area contributed by atoms with Crippen molar-refractivity contribution in [2.24, 2.45) is 0 Å². The van der Waals surface area contributed by atoms with Crippen LogP contribution in [0.5, 0.6) is 5.75 Å². The van der Waals surface area contributed by atoms with Crippen LogP contribution in [0, 0.1) is 6.92 Å². The van der Waals surface area contributed by atoms with Gasteiger partial charge < -0.3 is 5.11 Å². The molecule has 22 heavy (non-hydrogen) atoms. The van der Waals surface area contributed by atoms with Gasteiger partial charge in [-0.3, -0.25) is 0 Å². The molecule has 1 aromatic carbocycles. The van der Waals surface area contributed by atoms with Gasteiger partial charge in [-0.2, -0.15) is 0 Å². The van der Waals surface area contributed by atoms with E-state index in [-0.39, 0.29) is 0 Å². The fourth-order valence-electron chi connectivity index (χ4n) is 2.17. The first-order valence-corrected chi connectivity index (χ1v) is 8.53. The number of unbranched alkanes of at least 4 members (excludes halogenated alkanes) is 2. The molecule has 0 amide bonds. The third-order valence-electron chi connectivity index (χ3n) is 3.57. The molecular formula is C18H31NO3. The molecule has 0 fully saturated rings.